The Morgan fingerprint density at radius 3 is 2.96 bits per heavy atom. The Bertz CT molecular complexity index is 768. The molecule has 0 amide bonds. The molecule has 0 spiro atoms. The summed E-state index contributed by atoms with van der Waals surface area (Å²) >= 11 is 3.23. The van der Waals surface area contributed by atoms with E-state index in [0.29, 0.717) is 18.1 Å². The van der Waals surface area contributed by atoms with E-state index in [1.54, 1.807) is 27.8 Å². The average molecular weight is 379 g/mol. The number of hydrogen-bond donors (Lipinski definition) is 1. The van der Waals surface area contributed by atoms with Gasteiger partial charge in [0.05, 0.1) is 12.2 Å². The largest absolute Gasteiger partial charge is 0.462 e. The van der Waals surface area contributed by atoms with Crippen molar-refractivity contribution in [3.63, 3.8) is 0 Å². The van der Waals surface area contributed by atoms with Crippen molar-refractivity contribution in [3.05, 3.63) is 33.7 Å². The summed E-state index contributed by atoms with van der Waals surface area (Å²) in [5.41, 5.74) is 1.37. The molecular weight excluding hydrogens is 356 g/mol. The lowest BCUT2D eigenvalue weighted by Crippen LogP contribution is -2.29. The normalized spacial score (nSPS) is 16.5. The lowest BCUT2D eigenvalue weighted by molar-refractivity contribution is -0.139. The first-order chi connectivity index (χ1) is 12.2. The summed E-state index contributed by atoms with van der Waals surface area (Å²) < 4.78 is 7.22. The Kier molecular flexibility index (Phi) is 5.80. The van der Waals surface area contributed by atoms with Gasteiger partial charge < -0.3 is 10.1 Å². The number of nitrogens with one attached hydrogen (secondary N) is 1. The van der Waals surface area contributed by atoms with Gasteiger partial charge in [0.15, 0.2) is 0 Å². The number of hydrogen-bond acceptors (Lipinski definition) is 7. The fraction of sp³-hybridized carbons (Fsp3) is 0.471. The number of ether oxygens (including phenoxy) is 1. The molecule has 25 heavy (non-hydrogen) atoms. The maximum Gasteiger partial charge on any atom is 0.338 e. The van der Waals surface area contributed by atoms with E-state index in [4.69, 9.17) is 4.74 Å². The number of thiophene rings is 1. The van der Waals surface area contributed by atoms with Crippen molar-refractivity contribution >= 4 is 35.0 Å². The van der Waals surface area contributed by atoms with Crippen molar-refractivity contribution in [1.82, 2.24) is 14.8 Å². The second kappa shape index (κ2) is 8.05. The minimum atomic E-state index is -0.302. The Balaban J connectivity index is 2.00. The van der Waals surface area contributed by atoms with Crippen molar-refractivity contribution in [2.24, 2.45) is 0 Å². The molecule has 6 nitrogen and oxygen atoms in total. The highest BCUT2D eigenvalue weighted by atomic mass is 32.2. The van der Waals surface area contributed by atoms with E-state index in [2.05, 4.69) is 22.3 Å². The van der Waals surface area contributed by atoms with Crippen LogP contribution in [0.5, 0.6) is 0 Å². The molecule has 0 bridgehead atoms. The quantitative estimate of drug-likeness (QED) is 0.578. The van der Waals surface area contributed by atoms with Gasteiger partial charge in [0, 0.05) is 16.3 Å². The molecule has 0 aliphatic carbocycles. The highest BCUT2D eigenvalue weighted by Gasteiger charge is 2.35. The third-order valence-electron chi connectivity index (χ3n) is 3.74. The number of nitrogens with zero attached hydrogens (tertiary/aromatic N) is 3. The molecule has 0 saturated carbocycles. The van der Waals surface area contributed by atoms with E-state index in [0.717, 1.165) is 34.3 Å². The van der Waals surface area contributed by atoms with Gasteiger partial charge in [0.1, 0.15) is 6.04 Å². The summed E-state index contributed by atoms with van der Waals surface area (Å²) in [5, 5.41) is 10.6. The number of allylic oxidation sites excluding steroid dienone is 1. The van der Waals surface area contributed by atoms with Crippen LogP contribution in [0.4, 0.5) is 5.95 Å². The molecule has 0 saturated heterocycles. The maximum atomic E-state index is 12.7. The van der Waals surface area contributed by atoms with E-state index in [1.807, 2.05) is 31.4 Å². The number of rotatable bonds is 7. The molecule has 0 fully saturated rings. The molecular formula is C17H22N4O2S2. The number of esters is 1. The minimum Gasteiger partial charge on any atom is -0.462 e. The first kappa shape index (κ1) is 18.0. The monoisotopic (exact) mass is 378 g/mol. The predicted octanol–water partition coefficient (Wildman–Crippen LogP) is 4.08. The molecule has 1 aliphatic rings. The van der Waals surface area contributed by atoms with Gasteiger partial charge in [-0.1, -0.05) is 31.7 Å². The van der Waals surface area contributed by atoms with Gasteiger partial charge >= 0.3 is 5.97 Å². The van der Waals surface area contributed by atoms with Gasteiger partial charge in [-0.25, -0.2) is 9.48 Å². The lowest BCUT2D eigenvalue weighted by Gasteiger charge is -2.27. The van der Waals surface area contributed by atoms with Crippen LogP contribution in [0.25, 0.3) is 0 Å². The Labute approximate surface area is 155 Å². The SMILES string of the molecule is CCCOC(=O)C1=C(C)Nc2nc(SCCC)nn2C1c1cccs1. The third kappa shape index (κ3) is 3.74. The van der Waals surface area contributed by atoms with Crippen LogP contribution in [0.2, 0.25) is 0 Å². The first-order valence-corrected chi connectivity index (χ1v) is 10.3. The van der Waals surface area contributed by atoms with Gasteiger partial charge in [-0.3, -0.25) is 0 Å². The van der Waals surface area contributed by atoms with Gasteiger partial charge in [-0.05, 0) is 31.2 Å². The van der Waals surface area contributed by atoms with Crippen molar-refractivity contribution in [1.29, 1.82) is 0 Å². The standard InChI is InChI=1S/C17H22N4O2S2/c1-4-8-23-15(22)13-11(3)18-16-19-17(25-9-5-2)20-21(16)14(13)12-7-6-10-24-12/h6-7,10,14H,4-5,8-9H2,1-3H3,(H,18,19,20). The van der Waals surface area contributed by atoms with E-state index >= 15 is 0 Å². The molecule has 3 rings (SSSR count). The minimum absolute atomic E-state index is 0.297. The number of fused-ring (bicyclic) bond motifs is 1. The highest BCUT2D eigenvalue weighted by Crippen LogP contribution is 2.38. The molecule has 134 valence electrons. The number of carbonyl (C=O) groups excluding carboxylic acids is 1. The molecule has 0 radical (unpaired) electrons. The van der Waals surface area contributed by atoms with Crippen molar-refractivity contribution in [2.75, 3.05) is 17.7 Å². The second-order valence-electron chi connectivity index (χ2n) is 5.73. The topological polar surface area (TPSA) is 69.0 Å². The molecule has 1 atom stereocenters. The lowest BCUT2D eigenvalue weighted by atomic mass is 10.0. The Hall–Kier alpha value is -1.80. The summed E-state index contributed by atoms with van der Waals surface area (Å²) in [4.78, 5) is 18.3. The summed E-state index contributed by atoms with van der Waals surface area (Å²) in [6.07, 6.45) is 1.85. The fourth-order valence-electron chi connectivity index (χ4n) is 2.63. The van der Waals surface area contributed by atoms with E-state index in [1.165, 1.54) is 0 Å². The third-order valence-corrected chi connectivity index (χ3v) is 5.71. The van der Waals surface area contributed by atoms with Gasteiger partial charge in [-0.15, -0.1) is 16.4 Å². The average Bonchev–Trinajstić information content (AvgIpc) is 3.25. The first-order valence-electron chi connectivity index (χ1n) is 8.43. The van der Waals surface area contributed by atoms with Crippen molar-refractivity contribution in [2.45, 2.75) is 44.8 Å². The number of anilines is 1. The molecule has 8 heteroatoms. The van der Waals surface area contributed by atoms with Crippen LogP contribution < -0.4 is 5.32 Å². The van der Waals surface area contributed by atoms with Gasteiger partial charge in [0.2, 0.25) is 11.1 Å². The molecule has 3 heterocycles. The summed E-state index contributed by atoms with van der Waals surface area (Å²) in [5.74, 6) is 1.33. The Morgan fingerprint density at radius 1 is 1.44 bits per heavy atom. The smallest absolute Gasteiger partial charge is 0.338 e. The van der Waals surface area contributed by atoms with Crippen molar-refractivity contribution in [3.8, 4) is 0 Å². The van der Waals surface area contributed by atoms with Crippen molar-refractivity contribution < 1.29 is 9.53 Å². The van der Waals surface area contributed by atoms with E-state index in [-0.39, 0.29) is 12.0 Å². The molecule has 2 aromatic heterocycles. The van der Waals surface area contributed by atoms with Crippen LogP contribution in [0, 0.1) is 0 Å². The molecule has 2 aromatic rings. The molecule has 1 aliphatic heterocycles. The van der Waals surface area contributed by atoms with E-state index < -0.39 is 0 Å². The molecule has 1 N–H and O–H groups in total. The zero-order valence-electron chi connectivity index (χ0n) is 14.6. The number of thioether (sulfide) groups is 1. The van der Waals surface area contributed by atoms with Crippen LogP contribution in [0.15, 0.2) is 33.9 Å². The highest BCUT2D eigenvalue weighted by molar-refractivity contribution is 7.99. The maximum absolute atomic E-state index is 12.7. The van der Waals surface area contributed by atoms with Crippen LogP contribution >= 0.6 is 23.1 Å². The fourth-order valence-corrected chi connectivity index (χ4v) is 4.13. The molecule has 1 unspecified atom stereocenters. The number of carbonyl (C=O) groups is 1. The van der Waals surface area contributed by atoms with Gasteiger partial charge in [0.25, 0.3) is 0 Å². The van der Waals surface area contributed by atoms with Crippen LogP contribution in [0.1, 0.15) is 44.5 Å². The summed E-state index contributed by atoms with van der Waals surface area (Å²) in [6.45, 7) is 6.41. The summed E-state index contributed by atoms with van der Waals surface area (Å²) in [6, 6.07) is 3.70. The Morgan fingerprint density at radius 2 is 2.28 bits per heavy atom. The zero-order valence-corrected chi connectivity index (χ0v) is 16.2. The predicted molar refractivity (Wildman–Crippen MR) is 101 cm³/mol. The van der Waals surface area contributed by atoms with Crippen LogP contribution in [-0.2, 0) is 9.53 Å². The van der Waals surface area contributed by atoms with Crippen LogP contribution in [-0.4, -0.2) is 33.1 Å². The number of aromatic nitrogens is 3. The van der Waals surface area contributed by atoms with Gasteiger partial charge in [-0.2, -0.15) is 4.98 Å². The zero-order chi connectivity index (χ0) is 17.8. The second-order valence-corrected chi connectivity index (χ2v) is 7.77. The van der Waals surface area contributed by atoms with E-state index in [9.17, 15) is 4.79 Å². The van der Waals surface area contributed by atoms with Crippen LogP contribution in [0.3, 0.4) is 0 Å². The molecule has 0 aromatic carbocycles. The summed E-state index contributed by atoms with van der Waals surface area (Å²) in [7, 11) is 0.